The molecule has 3 N–H and O–H groups in total. The van der Waals surface area contributed by atoms with E-state index in [-0.39, 0.29) is 40.2 Å². The van der Waals surface area contributed by atoms with E-state index in [2.05, 4.69) is 20.3 Å². The molecular formula is C26H28F2N6O4. The van der Waals surface area contributed by atoms with Crippen LogP contribution in [0.25, 0.3) is 10.9 Å². The van der Waals surface area contributed by atoms with Crippen molar-refractivity contribution in [3.63, 3.8) is 0 Å². The van der Waals surface area contributed by atoms with E-state index in [9.17, 15) is 18.4 Å². The average molecular weight is 527 g/mol. The third-order valence-electron chi connectivity index (χ3n) is 7.80. The smallest absolute Gasteiger partial charge is 0.333 e. The molecule has 3 aliphatic rings. The van der Waals surface area contributed by atoms with Crippen LogP contribution in [0.5, 0.6) is 5.88 Å². The van der Waals surface area contributed by atoms with Gasteiger partial charge in [0, 0.05) is 36.4 Å². The zero-order valence-electron chi connectivity index (χ0n) is 20.6. The van der Waals surface area contributed by atoms with E-state index in [0.29, 0.717) is 36.4 Å². The molecule has 0 bridgehead atoms. The summed E-state index contributed by atoms with van der Waals surface area (Å²) in [5.74, 6) is -0.810. The van der Waals surface area contributed by atoms with Gasteiger partial charge in [-0.1, -0.05) is 0 Å². The summed E-state index contributed by atoms with van der Waals surface area (Å²) in [6, 6.07) is 8.32. The molecule has 0 unspecified atom stereocenters. The zero-order valence-corrected chi connectivity index (χ0v) is 20.6. The van der Waals surface area contributed by atoms with Crippen LogP contribution in [0.4, 0.5) is 14.5 Å². The Labute approximate surface area is 217 Å². The number of benzene rings is 1. The molecule has 3 aromatic rings. The van der Waals surface area contributed by atoms with Gasteiger partial charge in [0.25, 0.3) is 11.8 Å². The number of nitrogens with two attached hydrogens (primary N) is 1. The topological polar surface area (TPSA) is 125 Å². The Hall–Kier alpha value is -3.80. The lowest BCUT2D eigenvalue weighted by atomic mass is 9.53. The summed E-state index contributed by atoms with van der Waals surface area (Å²) in [7, 11) is 0. The number of aromatic nitrogens is 3. The van der Waals surface area contributed by atoms with Crippen LogP contribution >= 0.6 is 0 Å². The van der Waals surface area contributed by atoms with Gasteiger partial charge in [0.15, 0.2) is 5.69 Å². The number of primary amides is 1. The van der Waals surface area contributed by atoms with Gasteiger partial charge in [-0.05, 0) is 61.4 Å². The lowest BCUT2D eigenvalue weighted by molar-refractivity contribution is -0.0848. The standard InChI is InChI=1S/C26H28F2N6O4/c27-25(28)34-20-10-16(33-6-8-37-9-7-33)3-4-18(20)21(32-34)23(36)31-15-11-26(12-15)13-17(14-26)38-24-19(22(29)35)2-1-5-30-24/h1-5,10,15,17,25H,6-9,11-14H2,(H2,29,35)(H,31,36)/t15-,17-,26?. The van der Waals surface area contributed by atoms with Crippen LogP contribution in [0, 0.1) is 5.41 Å². The second-order valence-electron chi connectivity index (χ2n) is 10.3. The van der Waals surface area contributed by atoms with Crippen molar-refractivity contribution < 1.29 is 27.8 Å². The maximum atomic E-state index is 13.8. The van der Waals surface area contributed by atoms with Gasteiger partial charge in [-0.3, -0.25) is 9.59 Å². The summed E-state index contributed by atoms with van der Waals surface area (Å²) in [5, 5.41) is 7.35. The van der Waals surface area contributed by atoms with Crippen LogP contribution in [-0.2, 0) is 4.74 Å². The molecule has 1 aliphatic heterocycles. The predicted octanol–water partition coefficient (Wildman–Crippen LogP) is 2.88. The van der Waals surface area contributed by atoms with E-state index in [1.165, 1.54) is 0 Å². The number of carbonyl (C=O) groups excluding carboxylic acids is 2. The highest BCUT2D eigenvalue weighted by molar-refractivity contribution is 6.05. The number of rotatable bonds is 7. The Bertz CT molecular complexity index is 1380. The molecule has 12 heteroatoms. The molecule has 10 nitrogen and oxygen atoms in total. The number of carbonyl (C=O) groups is 2. The Morgan fingerprint density at radius 3 is 2.63 bits per heavy atom. The number of nitrogens with zero attached hydrogens (tertiary/aromatic N) is 4. The van der Waals surface area contributed by atoms with Crippen LogP contribution in [0.15, 0.2) is 36.5 Å². The number of ether oxygens (including phenoxy) is 2. The van der Waals surface area contributed by atoms with Gasteiger partial charge in [0.2, 0.25) is 5.88 Å². The van der Waals surface area contributed by atoms with Crippen molar-refractivity contribution in [3.8, 4) is 5.88 Å². The molecule has 2 aromatic heterocycles. The number of morpholine rings is 1. The number of anilines is 1. The minimum absolute atomic E-state index is 0.00118. The van der Waals surface area contributed by atoms with Crippen molar-refractivity contribution >= 4 is 28.4 Å². The number of fused-ring (bicyclic) bond motifs is 1. The maximum absolute atomic E-state index is 13.8. The summed E-state index contributed by atoms with van der Waals surface area (Å²) in [4.78, 5) is 30.8. The number of amides is 2. The minimum Gasteiger partial charge on any atom is -0.474 e. The van der Waals surface area contributed by atoms with E-state index < -0.39 is 18.4 Å². The normalized spacial score (nSPS) is 24.8. The number of halogens is 2. The highest BCUT2D eigenvalue weighted by atomic mass is 19.3. The van der Waals surface area contributed by atoms with E-state index in [1.54, 1.807) is 30.5 Å². The Morgan fingerprint density at radius 1 is 1.16 bits per heavy atom. The van der Waals surface area contributed by atoms with Crippen molar-refractivity contribution in [1.82, 2.24) is 20.1 Å². The third-order valence-corrected chi connectivity index (χ3v) is 7.80. The van der Waals surface area contributed by atoms with Crippen LogP contribution in [0.2, 0.25) is 0 Å². The molecule has 3 heterocycles. The third kappa shape index (κ3) is 4.42. The predicted molar refractivity (Wildman–Crippen MR) is 133 cm³/mol. The Morgan fingerprint density at radius 2 is 1.92 bits per heavy atom. The highest BCUT2D eigenvalue weighted by Crippen LogP contribution is 2.56. The average Bonchev–Trinajstić information content (AvgIpc) is 3.26. The molecule has 1 saturated heterocycles. The number of nitrogens with one attached hydrogen (secondary N) is 1. The SMILES string of the molecule is NC(=O)c1cccnc1O[C@H]1CC2(C[C@H](NC(=O)c3nn(C(F)F)c4cc(N5CCOCC5)ccc34)C2)C1. The molecule has 3 fully saturated rings. The molecule has 2 amide bonds. The fourth-order valence-electron chi connectivity index (χ4n) is 5.95. The first-order chi connectivity index (χ1) is 18.3. The fourth-order valence-corrected chi connectivity index (χ4v) is 5.95. The highest BCUT2D eigenvalue weighted by Gasteiger charge is 2.54. The molecule has 2 aliphatic carbocycles. The van der Waals surface area contributed by atoms with Gasteiger partial charge in [-0.15, -0.1) is 0 Å². The first kappa shape index (κ1) is 24.5. The first-order valence-electron chi connectivity index (χ1n) is 12.7. The quantitative estimate of drug-likeness (QED) is 0.485. The summed E-state index contributed by atoms with van der Waals surface area (Å²) < 4.78 is 39.5. The molecule has 6 rings (SSSR count). The van der Waals surface area contributed by atoms with Gasteiger partial charge in [-0.2, -0.15) is 13.9 Å². The van der Waals surface area contributed by atoms with E-state index in [0.717, 1.165) is 31.4 Å². The molecule has 1 spiro atoms. The number of hydrogen-bond donors (Lipinski definition) is 2. The number of pyridine rings is 1. The second-order valence-corrected chi connectivity index (χ2v) is 10.3. The lowest BCUT2D eigenvalue weighted by Crippen LogP contribution is -2.58. The van der Waals surface area contributed by atoms with Gasteiger partial charge in [-0.25, -0.2) is 9.67 Å². The van der Waals surface area contributed by atoms with E-state index in [1.807, 2.05) is 6.07 Å². The summed E-state index contributed by atoms with van der Waals surface area (Å²) in [5.41, 5.74) is 6.72. The summed E-state index contributed by atoms with van der Waals surface area (Å²) in [6.07, 6.45) is 4.55. The largest absolute Gasteiger partial charge is 0.474 e. The van der Waals surface area contributed by atoms with Crippen molar-refractivity contribution in [2.45, 2.75) is 44.4 Å². The van der Waals surface area contributed by atoms with Gasteiger partial charge < -0.3 is 25.4 Å². The Kier molecular flexibility index (Phi) is 6.13. The van der Waals surface area contributed by atoms with Gasteiger partial charge in [0.1, 0.15) is 11.7 Å². The second kappa shape index (κ2) is 9.50. The lowest BCUT2D eigenvalue weighted by Gasteiger charge is -2.57. The molecule has 2 saturated carbocycles. The van der Waals surface area contributed by atoms with Gasteiger partial charge >= 0.3 is 6.55 Å². The van der Waals surface area contributed by atoms with E-state index >= 15 is 0 Å². The minimum atomic E-state index is -2.87. The monoisotopic (exact) mass is 526 g/mol. The number of hydrogen-bond acceptors (Lipinski definition) is 7. The molecule has 0 atom stereocenters. The zero-order chi connectivity index (χ0) is 26.4. The van der Waals surface area contributed by atoms with Crippen molar-refractivity contribution in [1.29, 1.82) is 0 Å². The van der Waals surface area contributed by atoms with Crippen molar-refractivity contribution in [2.75, 3.05) is 31.2 Å². The van der Waals surface area contributed by atoms with Crippen molar-refractivity contribution in [3.05, 3.63) is 47.8 Å². The van der Waals surface area contributed by atoms with Crippen molar-refractivity contribution in [2.24, 2.45) is 11.1 Å². The molecule has 38 heavy (non-hydrogen) atoms. The van der Waals surface area contributed by atoms with Crippen LogP contribution in [0.1, 0.15) is 53.1 Å². The number of alkyl halides is 2. The molecule has 0 radical (unpaired) electrons. The van der Waals surface area contributed by atoms with E-state index in [4.69, 9.17) is 15.2 Å². The fraction of sp³-hybridized carbons (Fsp3) is 0.462. The van der Waals surface area contributed by atoms with Gasteiger partial charge in [0.05, 0.1) is 18.7 Å². The molecule has 200 valence electrons. The summed E-state index contributed by atoms with van der Waals surface area (Å²) >= 11 is 0. The molecular weight excluding hydrogens is 498 g/mol. The first-order valence-corrected chi connectivity index (χ1v) is 12.7. The van der Waals surface area contributed by atoms with Crippen LogP contribution < -0.4 is 20.7 Å². The van der Waals surface area contributed by atoms with Crippen LogP contribution in [-0.4, -0.2) is 65.0 Å². The van der Waals surface area contributed by atoms with Crippen LogP contribution in [0.3, 0.4) is 0 Å². The summed E-state index contributed by atoms with van der Waals surface area (Å²) in [6.45, 7) is -0.372. The molecule has 1 aromatic carbocycles. The Balaban J connectivity index is 1.09. The maximum Gasteiger partial charge on any atom is 0.333 e.